The van der Waals surface area contributed by atoms with Crippen molar-refractivity contribution < 1.29 is 4.79 Å². The van der Waals surface area contributed by atoms with Gasteiger partial charge in [0.15, 0.2) is 0 Å². The predicted octanol–water partition coefficient (Wildman–Crippen LogP) is 2.17. The van der Waals surface area contributed by atoms with Crippen LogP contribution >= 0.6 is 0 Å². The summed E-state index contributed by atoms with van der Waals surface area (Å²) in [5.74, 6) is 0.0847. The van der Waals surface area contributed by atoms with Crippen LogP contribution in [0.1, 0.15) is 25.8 Å². The highest BCUT2D eigenvalue weighted by molar-refractivity contribution is 5.87. The lowest BCUT2D eigenvalue weighted by molar-refractivity contribution is -0.133. The van der Waals surface area contributed by atoms with E-state index in [9.17, 15) is 4.79 Å². The molecule has 0 saturated heterocycles. The van der Waals surface area contributed by atoms with E-state index in [0.717, 1.165) is 12.1 Å². The molecule has 19 heavy (non-hydrogen) atoms. The molecule has 100 valence electrons. The van der Waals surface area contributed by atoms with E-state index in [2.05, 4.69) is 11.4 Å². The molecule has 0 fully saturated rings. The maximum absolute atomic E-state index is 12.5. The van der Waals surface area contributed by atoms with Gasteiger partial charge in [0.25, 0.3) is 0 Å². The lowest BCUT2D eigenvalue weighted by atomic mass is 10.1. The van der Waals surface area contributed by atoms with Gasteiger partial charge in [-0.1, -0.05) is 18.2 Å². The van der Waals surface area contributed by atoms with Crippen LogP contribution in [-0.4, -0.2) is 29.4 Å². The number of para-hydroxylation sites is 1. The minimum atomic E-state index is -0.196. The summed E-state index contributed by atoms with van der Waals surface area (Å²) in [5, 5.41) is 12.0. The van der Waals surface area contributed by atoms with Crippen molar-refractivity contribution in [1.82, 2.24) is 4.90 Å². The average molecular weight is 257 g/mol. The zero-order chi connectivity index (χ0) is 13.8. The molecule has 1 amide bonds. The smallest absolute Gasteiger partial charge is 0.245 e. The standard InChI is InChI=1S/C15H19N3O/c1-11(2)18(9-5-8-16)15(19)14-10-12-6-3-4-7-13(12)17-14/h3-4,6-7,11,14,17H,5,9-10H2,1-2H3/t14-/m0/s1. The van der Waals surface area contributed by atoms with E-state index in [4.69, 9.17) is 5.26 Å². The number of carbonyl (C=O) groups excluding carboxylic acids is 1. The lowest BCUT2D eigenvalue weighted by Crippen LogP contribution is -2.46. The first-order valence-corrected chi connectivity index (χ1v) is 6.65. The Morgan fingerprint density at radius 2 is 2.26 bits per heavy atom. The highest BCUT2D eigenvalue weighted by atomic mass is 16.2. The van der Waals surface area contributed by atoms with Crippen LogP contribution in [0, 0.1) is 11.3 Å². The molecule has 0 saturated carbocycles. The quantitative estimate of drug-likeness (QED) is 0.899. The van der Waals surface area contributed by atoms with Gasteiger partial charge >= 0.3 is 0 Å². The molecule has 0 aromatic heterocycles. The molecule has 4 heteroatoms. The van der Waals surface area contributed by atoms with Crippen LogP contribution in [-0.2, 0) is 11.2 Å². The van der Waals surface area contributed by atoms with Crippen LogP contribution in [0.5, 0.6) is 0 Å². The van der Waals surface area contributed by atoms with Crippen molar-refractivity contribution in [1.29, 1.82) is 5.26 Å². The second-order valence-corrected chi connectivity index (χ2v) is 5.09. The van der Waals surface area contributed by atoms with Gasteiger partial charge < -0.3 is 10.2 Å². The fourth-order valence-electron chi connectivity index (χ4n) is 2.44. The van der Waals surface area contributed by atoms with Crippen LogP contribution in [0.25, 0.3) is 0 Å². The molecule has 2 rings (SSSR count). The first-order chi connectivity index (χ1) is 9.13. The number of rotatable bonds is 4. The molecule has 0 aliphatic carbocycles. The molecule has 1 aromatic carbocycles. The number of hydrogen-bond donors (Lipinski definition) is 1. The largest absolute Gasteiger partial charge is 0.373 e. The van der Waals surface area contributed by atoms with E-state index < -0.39 is 0 Å². The van der Waals surface area contributed by atoms with Gasteiger partial charge in [-0.25, -0.2) is 0 Å². The van der Waals surface area contributed by atoms with E-state index in [0.29, 0.717) is 13.0 Å². The Morgan fingerprint density at radius 3 is 2.89 bits per heavy atom. The Bertz CT molecular complexity index is 479. The lowest BCUT2D eigenvalue weighted by Gasteiger charge is -2.28. The molecule has 1 heterocycles. The molecule has 0 unspecified atom stereocenters. The summed E-state index contributed by atoms with van der Waals surface area (Å²) in [6, 6.07) is 10.0. The predicted molar refractivity (Wildman–Crippen MR) is 74.6 cm³/mol. The van der Waals surface area contributed by atoms with Crippen molar-refractivity contribution in [2.45, 2.75) is 38.8 Å². The Labute approximate surface area is 114 Å². The maximum atomic E-state index is 12.5. The van der Waals surface area contributed by atoms with Gasteiger partial charge in [-0.15, -0.1) is 0 Å². The molecular formula is C15H19N3O. The second kappa shape index (κ2) is 5.75. The van der Waals surface area contributed by atoms with E-state index in [-0.39, 0.29) is 18.0 Å². The molecule has 1 atom stereocenters. The first-order valence-electron chi connectivity index (χ1n) is 6.65. The summed E-state index contributed by atoms with van der Waals surface area (Å²) in [6.45, 7) is 4.47. The minimum absolute atomic E-state index is 0.0847. The topological polar surface area (TPSA) is 56.1 Å². The highest BCUT2D eigenvalue weighted by Gasteiger charge is 2.30. The molecule has 1 aliphatic heterocycles. The third kappa shape index (κ3) is 2.87. The molecule has 1 aliphatic rings. The van der Waals surface area contributed by atoms with Gasteiger partial charge in [0, 0.05) is 24.7 Å². The van der Waals surface area contributed by atoms with Gasteiger partial charge in [-0.05, 0) is 25.5 Å². The van der Waals surface area contributed by atoms with E-state index in [1.54, 1.807) is 4.90 Å². The van der Waals surface area contributed by atoms with Gasteiger partial charge in [-0.3, -0.25) is 4.79 Å². The summed E-state index contributed by atoms with van der Waals surface area (Å²) in [5.41, 5.74) is 2.23. The fraction of sp³-hybridized carbons (Fsp3) is 0.467. The number of nitrogens with zero attached hydrogens (tertiary/aromatic N) is 2. The zero-order valence-corrected chi connectivity index (χ0v) is 11.4. The Hall–Kier alpha value is -2.02. The SMILES string of the molecule is CC(C)N(CCC#N)C(=O)[C@@H]1Cc2ccccc2N1. The van der Waals surface area contributed by atoms with Gasteiger partial charge in [0.1, 0.15) is 6.04 Å². The molecule has 1 N–H and O–H groups in total. The number of nitrogens with one attached hydrogen (secondary N) is 1. The molecule has 4 nitrogen and oxygen atoms in total. The van der Waals surface area contributed by atoms with Crippen molar-refractivity contribution in [3.05, 3.63) is 29.8 Å². The maximum Gasteiger partial charge on any atom is 0.245 e. The van der Waals surface area contributed by atoms with Crippen molar-refractivity contribution >= 4 is 11.6 Å². The molecule has 0 spiro atoms. The van der Waals surface area contributed by atoms with Gasteiger partial charge in [0.2, 0.25) is 5.91 Å². The number of nitriles is 1. The van der Waals surface area contributed by atoms with Crippen LogP contribution in [0.3, 0.4) is 0 Å². The second-order valence-electron chi connectivity index (χ2n) is 5.09. The Morgan fingerprint density at radius 1 is 1.53 bits per heavy atom. The van der Waals surface area contributed by atoms with Crippen LogP contribution < -0.4 is 5.32 Å². The minimum Gasteiger partial charge on any atom is -0.373 e. The zero-order valence-electron chi connectivity index (χ0n) is 11.4. The summed E-state index contributed by atoms with van der Waals surface area (Å²) < 4.78 is 0. The fourth-order valence-corrected chi connectivity index (χ4v) is 2.44. The van der Waals surface area contributed by atoms with Crippen molar-refractivity contribution in [3.63, 3.8) is 0 Å². The average Bonchev–Trinajstić information content (AvgIpc) is 2.82. The van der Waals surface area contributed by atoms with Crippen molar-refractivity contribution in [3.8, 4) is 6.07 Å². The summed E-state index contributed by atoms with van der Waals surface area (Å²) in [7, 11) is 0. The third-order valence-corrected chi connectivity index (χ3v) is 3.44. The Kier molecular flexibility index (Phi) is 4.06. The number of hydrogen-bond acceptors (Lipinski definition) is 3. The van der Waals surface area contributed by atoms with Gasteiger partial charge in [-0.2, -0.15) is 5.26 Å². The van der Waals surface area contributed by atoms with E-state index in [1.165, 1.54) is 5.56 Å². The molecule has 1 aromatic rings. The van der Waals surface area contributed by atoms with Crippen LogP contribution in [0.2, 0.25) is 0 Å². The summed E-state index contributed by atoms with van der Waals surface area (Å²) in [6.07, 6.45) is 1.11. The molecule has 0 bridgehead atoms. The number of amides is 1. The Balaban J connectivity index is 2.06. The van der Waals surface area contributed by atoms with Crippen LogP contribution in [0.4, 0.5) is 5.69 Å². The third-order valence-electron chi connectivity index (χ3n) is 3.44. The van der Waals surface area contributed by atoms with E-state index in [1.807, 2.05) is 38.1 Å². The van der Waals surface area contributed by atoms with Crippen molar-refractivity contribution in [2.75, 3.05) is 11.9 Å². The number of anilines is 1. The highest BCUT2D eigenvalue weighted by Crippen LogP contribution is 2.26. The van der Waals surface area contributed by atoms with Crippen LogP contribution in [0.15, 0.2) is 24.3 Å². The summed E-state index contributed by atoms with van der Waals surface area (Å²) >= 11 is 0. The number of fused-ring (bicyclic) bond motifs is 1. The van der Waals surface area contributed by atoms with Gasteiger partial charge in [0.05, 0.1) is 12.5 Å². The number of benzene rings is 1. The molecular weight excluding hydrogens is 238 g/mol. The monoisotopic (exact) mass is 257 g/mol. The molecule has 0 radical (unpaired) electrons. The van der Waals surface area contributed by atoms with E-state index >= 15 is 0 Å². The number of carbonyl (C=O) groups is 1. The van der Waals surface area contributed by atoms with Crippen molar-refractivity contribution in [2.24, 2.45) is 0 Å². The summed E-state index contributed by atoms with van der Waals surface area (Å²) in [4.78, 5) is 14.3. The normalized spacial score (nSPS) is 16.6. The first kappa shape index (κ1) is 13.4.